The summed E-state index contributed by atoms with van der Waals surface area (Å²) in [5.74, 6) is 1.26. The highest BCUT2D eigenvalue weighted by Gasteiger charge is 2.12. The number of methoxy groups -OCH3 is 2. The average molecular weight is 396 g/mol. The SMILES string of the molecule is COc1ccc(CCC(=O)NNC(=O)Cc2nc3ccccc3n2C)cc1OC. The number of rotatable bonds is 7. The van der Waals surface area contributed by atoms with Gasteiger partial charge >= 0.3 is 0 Å². The summed E-state index contributed by atoms with van der Waals surface area (Å²) in [6.45, 7) is 0. The Balaban J connectivity index is 1.49. The minimum Gasteiger partial charge on any atom is -0.493 e. The van der Waals surface area contributed by atoms with E-state index in [1.54, 1.807) is 20.3 Å². The summed E-state index contributed by atoms with van der Waals surface area (Å²) in [5.41, 5.74) is 7.61. The number of amides is 2. The number of benzene rings is 2. The molecule has 3 aromatic rings. The molecule has 0 saturated heterocycles. The molecule has 29 heavy (non-hydrogen) atoms. The van der Waals surface area contributed by atoms with E-state index in [0.29, 0.717) is 23.7 Å². The van der Waals surface area contributed by atoms with E-state index in [2.05, 4.69) is 15.8 Å². The Bertz CT molecular complexity index is 1030. The molecule has 0 atom stereocenters. The van der Waals surface area contributed by atoms with Crippen molar-refractivity contribution in [3.63, 3.8) is 0 Å². The number of nitrogens with one attached hydrogen (secondary N) is 2. The molecule has 8 nitrogen and oxygen atoms in total. The molecular weight excluding hydrogens is 372 g/mol. The number of carbonyl (C=O) groups excluding carboxylic acids is 2. The molecule has 3 rings (SSSR count). The van der Waals surface area contributed by atoms with Gasteiger partial charge < -0.3 is 14.0 Å². The Morgan fingerprint density at radius 3 is 2.45 bits per heavy atom. The van der Waals surface area contributed by atoms with Gasteiger partial charge in [0, 0.05) is 13.5 Å². The number of imidazole rings is 1. The Labute approximate surface area is 168 Å². The number of para-hydroxylation sites is 2. The number of aryl methyl sites for hydroxylation is 2. The lowest BCUT2D eigenvalue weighted by molar-refractivity contribution is -0.128. The quantitative estimate of drug-likeness (QED) is 0.595. The van der Waals surface area contributed by atoms with Crippen LogP contribution in [0.25, 0.3) is 11.0 Å². The van der Waals surface area contributed by atoms with Gasteiger partial charge in [-0.2, -0.15) is 0 Å². The number of hydrazine groups is 1. The fourth-order valence-electron chi connectivity index (χ4n) is 3.04. The minimum absolute atomic E-state index is 0.0706. The lowest BCUT2D eigenvalue weighted by Gasteiger charge is -2.10. The summed E-state index contributed by atoms with van der Waals surface area (Å²) in [6, 6.07) is 13.2. The molecule has 2 N–H and O–H groups in total. The Morgan fingerprint density at radius 2 is 1.72 bits per heavy atom. The van der Waals surface area contributed by atoms with Gasteiger partial charge in [-0.3, -0.25) is 20.4 Å². The van der Waals surface area contributed by atoms with Gasteiger partial charge in [-0.25, -0.2) is 4.98 Å². The monoisotopic (exact) mass is 396 g/mol. The smallest absolute Gasteiger partial charge is 0.245 e. The molecule has 2 amide bonds. The van der Waals surface area contributed by atoms with Gasteiger partial charge in [0.15, 0.2) is 11.5 Å². The Hall–Kier alpha value is -3.55. The number of hydrogen-bond acceptors (Lipinski definition) is 5. The third-order valence-corrected chi connectivity index (χ3v) is 4.63. The molecule has 0 saturated carbocycles. The van der Waals surface area contributed by atoms with Crippen LogP contribution in [-0.2, 0) is 29.5 Å². The van der Waals surface area contributed by atoms with Gasteiger partial charge in [-0.1, -0.05) is 18.2 Å². The molecule has 0 radical (unpaired) electrons. The predicted molar refractivity (Wildman–Crippen MR) is 109 cm³/mol. The number of aromatic nitrogens is 2. The number of ether oxygens (including phenoxy) is 2. The summed E-state index contributed by atoms with van der Waals surface area (Å²) < 4.78 is 12.3. The van der Waals surface area contributed by atoms with Crippen LogP contribution in [0.3, 0.4) is 0 Å². The molecule has 0 spiro atoms. The highest BCUT2D eigenvalue weighted by atomic mass is 16.5. The van der Waals surface area contributed by atoms with Crippen LogP contribution in [-0.4, -0.2) is 35.6 Å². The summed E-state index contributed by atoms with van der Waals surface area (Å²) in [6.07, 6.45) is 0.802. The Kier molecular flexibility index (Phi) is 6.33. The first-order chi connectivity index (χ1) is 14.0. The summed E-state index contributed by atoms with van der Waals surface area (Å²) in [5, 5.41) is 0. The van der Waals surface area contributed by atoms with Crippen molar-refractivity contribution < 1.29 is 19.1 Å². The molecule has 152 valence electrons. The van der Waals surface area contributed by atoms with Crippen LogP contribution < -0.4 is 20.3 Å². The van der Waals surface area contributed by atoms with Crippen molar-refractivity contribution in [2.45, 2.75) is 19.3 Å². The second kappa shape index (κ2) is 9.09. The zero-order chi connectivity index (χ0) is 20.8. The van der Waals surface area contributed by atoms with Crippen molar-refractivity contribution >= 4 is 22.8 Å². The van der Waals surface area contributed by atoms with E-state index >= 15 is 0 Å². The number of fused-ring (bicyclic) bond motifs is 1. The summed E-state index contributed by atoms with van der Waals surface area (Å²) >= 11 is 0. The second-order valence-corrected chi connectivity index (χ2v) is 6.54. The zero-order valence-corrected chi connectivity index (χ0v) is 16.7. The van der Waals surface area contributed by atoms with Gasteiger partial charge in [-0.15, -0.1) is 0 Å². The van der Waals surface area contributed by atoms with Crippen molar-refractivity contribution in [3.05, 3.63) is 53.9 Å². The van der Waals surface area contributed by atoms with E-state index in [1.807, 2.05) is 48.0 Å². The van der Waals surface area contributed by atoms with Crippen LogP contribution in [0.5, 0.6) is 11.5 Å². The third-order valence-electron chi connectivity index (χ3n) is 4.63. The minimum atomic E-state index is -0.331. The zero-order valence-electron chi connectivity index (χ0n) is 16.7. The molecule has 1 heterocycles. The van der Waals surface area contributed by atoms with Crippen LogP contribution in [0.15, 0.2) is 42.5 Å². The standard InChI is InChI=1S/C21H24N4O4/c1-25-16-7-5-4-6-15(16)22-19(25)13-21(27)24-23-20(26)11-9-14-8-10-17(28-2)18(12-14)29-3/h4-8,10,12H,9,11,13H2,1-3H3,(H,23,26)(H,24,27). The van der Waals surface area contributed by atoms with Crippen molar-refractivity contribution in [1.82, 2.24) is 20.4 Å². The Morgan fingerprint density at radius 1 is 1.00 bits per heavy atom. The molecule has 0 fully saturated rings. The van der Waals surface area contributed by atoms with E-state index in [1.165, 1.54) is 0 Å². The average Bonchev–Trinajstić information content (AvgIpc) is 3.05. The molecule has 0 aliphatic rings. The van der Waals surface area contributed by atoms with Crippen LogP contribution in [0.4, 0.5) is 0 Å². The highest BCUT2D eigenvalue weighted by molar-refractivity contribution is 5.84. The van der Waals surface area contributed by atoms with Gasteiger partial charge in [0.1, 0.15) is 5.82 Å². The maximum atomic E-state index is 12.2. The fraction of sp³-hybridized carbons (Fsp3) is 0.286. The maximum Gasteiger partial charge on any atom is 0.245 e. The summed E-state index contributed by atoms with van der Waals surface area (Å²) in [4.78, 5) is 28.7. The molecule has 0 bridgehead atoms. The predicted octanol–water partition coefficient (Wildman–Crippen LogP) is 1.91. The normalized spacial score (nSPS) is 10.6. The topological polar surface area (TPSA) is 94.5 Å². The van der Waals surface area contributed by atoms with Crippen molar-refractivity contribution in [1.29, 1.82) is 0 Å². The maximum absolute atomic E-state index is 12.2. The van der Waals surface area contributed by atoms with Crippen molar-refractivity contribution in [2.75, 3.05) is 14.2 Å². The van der Waals surface area contributed by atoms with E-state index < -0.39 is 0 Å². The molecule has 2 aromatic carbocycles. The van der Waals surface area contributed by atoms with Gasteiger partial charge in [0.2, 0.25) is 11.8 Å². The van der Waals surface area contributed by atoms with E-state index in [4.69, 9.17) is 9.47 Å². The van der Waals surface area contributed by atoms with Gasteiger partial charge in [-0.05, 0) is 36.2 Å². The molecule has 0 aliphatic carbocycles. The van der Waals surface area contributed by atoms with Crippen molar-refractivity contribution in [3.8, 4) is 11.5 Å². The van der Waals surface area contributed by atoms with Gasteiger partial charge in [0.05, 0.1) is 31.7 Å². The lowest BCUT2D eigenvalue weighted by atomic mass is 10.1. The first-order valence-corrected chi connectivity index (χ1v) is 9.20. The number of carbonyl (C=O) groups is 2. The molecule has 8 heteroatoms. The highest BCUT2D eigenvalue weighted by Crippen LogP contribution is 2.27. The fourth-order valence-corrected chi connectivity index (χ4v) is 3.04. The van der Waals surface area contributed by atoms with Crippen LogP contribution in [0, 0.1) is 0 Å². The largest absolute Gasteiger partial charge is 0.493 e. The molecular formula is C21H24N4O4. The van der Waals surface area contributed by atoms with E-state index in [0.717, 1.165) is 16.6 Å². The van der Waals surface area contributed by atoms with Gasteiger partial charge in [0.25, 0.3) is 0 Å². The number of hydrogen-bond donors (Lipinski definition) is 2. The lowest BCUT2D eigenvalue weighted by Crippen LogP contribution is -2.42. The van der Waals surface area contributed by atoms with Crippen LogP contribution in [0.2, 0.25) is 0 Å². The van der Waals surface area contributed by atoms with E-state index in [-0.39, 0.29) is 24.7 Å². The second-order valence-electron chi connectivity index (χ2n) is 6.54. The van der Waals surface area contributed by atoms with Crippen LogP contribution in [0.1, 0.15) is 17.8 Å². The first kappa shape index (κ1) is 20.2. The van der Waals surface area contributed by atoms with Crippen molar-refractivity contribution in [2.24, 2.45) is 7.05 Å². The molecule has 0 unspecified atom stereocenters. The van der Waals surface area contributed by atoms with E-state index in [9.17, 15) is 9.59 Å². The third kappa shape index (κ3) is 4.84. The summed E-state index contributed by atoms with van der Waals surface area (Å²) in [7, 11) is 5.00. The molecule has 0 aliphatic heterocycles. The van der Waals surface area contributed by atoms with Crippen LogP contribution >= 0.6 is 0 Å². The number of nitrogens with zero attached hydrogens (tertiary/aromatic N) is 2. The first-order valence-electron chi connectivity index (χ1n) is 9.20. The molecule has 1 aromatic heterocycles.